The van der Waals surface area contributed by atoms with E-state index in [1.165, 1.54) is 4.90 Å². The zero-order chi connectivity index (χ0) is 22.9. The molecule has 1 aliphatic heterocycles. The van der Waals surface area contributed by atoms with E-state index in [2.05, 4.69) is 20.6 Å². The molecule has 9 nitrogen and oxygen atoms in total. The molecular weight excluding hydrogens is 420 g/mol. The Hall–Kier alpha value is -4.40. The average molecular weight is 440 g/mol. The molecule has 1 fully saturated rings. The molecule has 3 heterocycles. The van der Waals surface area contributed by atoms with Gasteiger partial charge in [0.25, 0.3) is 5.91 Å². The number of hydrogen-bond acceptors (Lipinski definition) is 6. The molecule has 3 amide bonds. The maximum absolute atomic E-state index is 13.1. The van der Waals surface area contributed by atoms with E-state index in [-0.39, 0.29) is 36.9 Å². The molecule has 0 bridgehead atoms. The highest BCUT2D eigenvalue weighted by Gasteiger charge is 2.29. The van der Waals surface area contributed by atoms with Crippen molar-refractivity contribution in [3.05, 3.63) is 77.7 Å². The Morgan fingerprint density at radius 3 is 2.61 bits per heavy atom. The van der Waals surface area contributed by atoms with Gasteiger partial charge in [0.1, 0.15) is 0 Å². The molecule has 1 N–H and O–H groups in total. The third-order valence-corrected chi connectivity index (χ3v) is 5.71. The van der Waals surface area contributed by atoms with E-state index < -0.39 is 5.91 Å². The quantitative estimate of drug-likeness (QED) is 0.478. The second-order valence-electron chi connectivity index (χ2n) is 7.77. The Balaban J connectivity index is 1.43. The van der Waals surface area contributed by atoms with E-state index >= 15 is 0 Å². The van der Waals surface area contributed by atoms with Crippen LogP contribution in [0.3, 0.4) is 0 Å². The number of likely N-dealkylation sites (tertiary alicyclic amines) is 1. The minimum Gasteiger partial charge on any atom is -0.320 e. The molecule has 0 saturated carbocycles. The number of pyridine rings is 1. The number of para-hydroxylation sites is 1. The third kappa shape index (κ3) is 3.73. The first kappa shape index (κ1) is 20.5. The van der Waals surface area contributed by atoms with Gasteiger partial charge in [-0.05, 0) is 42.8 Å². The highest BCUT2D eigenvalue weighted by atomic mass is 16.2. The molecule has 5 rings (SSSR count). The summed E-state index contributed by atoms with van der Waals surface area (Å²) in [6.07, 6.45) is 2.17. The maximum atomic E-state index is 13.1. The fourth-order valence-corrected chi connectivity index (χ4v) is 3.97. The van der Waals surface area contributed by atoms with E-state index in [0.29, 0.717) is 16.9 Å². The Labute approximate surface area is 189 Å². The molecule has 0 atom stereocenters. The van der Waals surface area contributed by atoms with Crippen molar-refractivity contribution in [1.29, 1.82) is 0 Å². The van der Waals surface area contributed by atoms with Crippen LogP contribution in [0, 0.1) is 6.92 Å². The van der Waals surface area contributed by atoms with E-state index in [1.54, 1.807) is 42.1 Å². The number of nitrogens with one attached hydrogen (secondary N) is 1. The van der Waals surface area contributed by atoms with Crippen LogP contribution in [-0.2, 0) is 16.1 Å². The molecule has 1 aliphatic rings. The SMILES string of the molecule is Cc1c(C(=O)Nc2ccccc2CN2C(=O)CCC2=O)nnn1-c1cccc2ncccc12. The number of hydrogen-bond donors (Lipinski definition) is 1. The molecule has 0 unspecified atom stereocenters. The first-order valence-corrected chi connectivity index (χ1v) is 10.5. The number of anilines is 1. The molecular formula is C24H20N6O3. The molecule has 164 valence electrons. The van der Waals surface area contributed by atoms with Gasteiger partial charge in [0.15, 0.2) is 5.69 Å². The molecule has 9 heteroatoms. The lowest BCUT2D eigenvalue weighted by Gasteiger charge is -2.17. The van der Waals surface area contributed by atoms with Gasteiger partial charge in [0, 0.05) is 30.1 Å². The van der Waals surface area contributed by atoms with Gasteiger partial charge in [-0.3, -0.25) is 24.3 Å². The fraction of sp³-hybridized carbons (Fsp3) is 0.167. The van der Waals surface area contributed by atoms with E-state index in [1.807, 2.05) is 30.3 Å². The Kier molecular flexibility index (Phi) is 5.14. The van der Waals surface area contributed by atoms with Crippen molar-refractivity contribution >= 4 is 34.3 Å². The van der Waals surface area contributed by atoms with Gasteiger partial charge in [0.2, 0.25) is 11.8 Å². The van der Waals surface area contributed by atoms with Crippen LogP contribution in [0.5, 0.6) is 0 Å². The van der Waals surface area contributed by atoms with Crippen molar-refractivity contribution in [2.24, 2.45) is 0 Å². The number of amides is 3. The summed E-state index contributed by atoms with van der Waals surface area (Å²) in [5, 5.41) is 12.1. The molecule has 0 spiro atoms. The maximum Gasteiger partial charge on any atom is 0.278 e. The van der Waals surface area contributed by atoms with Gasteiger partial charge in [0.05, 0.1) is 23.4 Å². The minimum absolute atomic E-state index is 0.114. The van der Waals surface area contributed by atoms with Crippen molar-refractivity contribution in [3.63, 3.8) is 0 Å². The molecule has 1 saturated heterocycles. The van der Waals surface area contributed by atoms with Gasteiger partial charge in [-0.25, -0.2) is 4.68 Å². The lowest BCUT2D eigenvalue weighted by molar-refractivity contribution is -0.139. The Morgan fingerprint density at radius 2 is 1.79 bits per heavy atom. The number of carbonyl (C=O) groups is 3. The summed E-state index contributed by atoms with van der Waals surface area (Å²) in [6.45, 7) is 1.89. The second-order valence-corrected chi connectivity index (χ2v) is 7.77. The van der Waals surface area contributed by atoms with Gasteiger partial charge in [-0.2, -0.15) is 0 Å². The number of carbonyl (C=O) groups excluding carboxylic acids is 3. The van der Waals surface area contributed by atoms with Crippen molar-refractivity contribution in [3.8, 4) is 5.69 Å². The predicted octanol–water partition coefficient (Wildman–Crippen LogP) is 3.03. The number of aromatic nitrogens is 4. The van der Waals surface area contributed by atoms with Gasteiger partial charge < -0.3 is 5.32 Å². The van der Waals surface area contributed by atoms with E-state index in [9.17, 15) is 14.4 Å². The second kappa shape index (κ2) is 8.27. The summed E-state index contributed by atoms with van der Waals surface area (Å²) < 4.78 is 1.62. The molecule has 2 aromatic carbocycles. The lowest BCUT2D eigenvalue weighted by atomic mass is 10.1. The fourth-order valence-electron chi connectivity index (χ4n) is 3.97. The smallest absolute Gasteiger partial charge is 0.278 e. The van der Waals surface area contributed by atoms with Gasteiger partial charge in [-0.1, -0.05) is 29.5 Å². The normalized spacial score (nSPS) is 13.7. The highest BCUT2D eigenvalue weighted by molar-refractivity contribution is 6.05. The van der Waals surface area contributed by atoms with Crippen molar-refractivity contribution < 1.29 is 14.4 Å². The lowest BCUT2D eigenvalue weighted by Crippen LogP contribution is -2.29. The summed E-state index contributed by atoms with van der Waals surface area (Å²) in [7, 11) is 0. The Bertz CT molecular complexity index is 1390. The number of rotatable bonds is 5. The van der Waals surface area contributed by atoms with Crippen LogP contribution in [-0.4, -0.2) is 42.6 Å². The first-order valence-electron chi connectivity index (χ1n) is 10.5. The minimum atomic E-state index is -0.427. The number of imide groups is 1. The van der Waals surface area contributed by atoms with E-state index in [0.717, 1.165) is 16.6 Å². The number of fused-ring (bicyclic) bond motifs is 1. The number of nitrogens with zero attached hydrogens (tertiary/aromatic N) is 5. The standard InChI is InChI=1S/C24H20N6O3/c1-15-23(27-28-30(15)20-10-4-9-19-17(20)7-5-13-25-19)24(33)26-18-8-3-2-6-16(18)14-29-21(31)11-12-22(29)32/h2-10,13H,11-12,14H2,1H3,(H,26,33). The van der Waals surface area contributed by atoms with Crippen LogP contribution in [0.15, 0.2) is 60.8 Å². The molecule has 33 heavy (non-hydrogen) atoms. The molecule has 0 aliphatic carbocycles. The van der Waals surface area contributed by atoms with E-state index in [4.69, 9.17) is 0 Å². The third-order valence-electron chi connectivity index (χ3n) is 5.71. The van der Waals surface area contributed by atoms with Crippen LogP contribution in [0.4, 0.5) is 5.69 Å². The largest absolute Gasteiger partial charge is 0.320 e. The average Bonchev–Trinajstić information content (AvgIpc) is 3.36. The van der Waals surface area contributed by atoms with Gasteiger partial charge in [-0.15, -0.1) is 5.10 Å². The van der Waals surface area contributed by atoms with Crippen LogP contribution in [0.25, 0.3) is 16.6 Å². The van der Waals surface area contributed by atoms with Crippen LogP contribution < -0.4 is 5.32 Å². The Morgan fingerprint density at radius 1 is 1.00 bits per heavy atom. The van der Waals surface area contributed by atoms with Crippen LogP contribution in [0.1, 0.15) is 34.6 Å². The number of benzene rings is 2. The van der Waals surface area contributed by atoms with Crippen molar-refractivity contribution in [2.75, 3.05) is 5.32 Å². The predicted molar refractivity (Wildman–Crippen MR) is 121 cm³/mol. The molecule has 4 aromatic rings. The first-order chi connectivity index (χ1) is 16.0. The molecule has 2 aromatic heterocycles. The zero-order valence-electron chi connectivity index (χ0n) is 17.9. The summed E-state index contributed by atoms with van der Waals surface area (Å²) in [6, 6.07) is 16.6. The van der Waals surface area contributed by atoms with Crippen molar-refractivity contribution in [2.45, 2.75) is 26.3 Å². The van der Waals surface area contributed by atoms with Crippen LogP contribution >= 0.6 is 0 Å². The highest BCUT2D eigenvalue weighted by Crippen LogP contribution is 2.24. The zero-order valence-corrected chi connectivity index (χ0v) is 17.9. The molecule has 0 radical (unpaired) electrons. The summed E-state index contributed by atoms with van der Waals surface area (Å²) >= 11 is 0. The van der Waals surface area contributed by atoms with Crippen LogP contribution in [0.2, 0.25) is 0 Å². The van der Waals surface area contributed by atoms with Gasteiger partial charge >= 0.3 is 0 Å². The monoisotopic (exact) mass is 440 g/mol. The summed E-state index contributed by atoms with van der Waals surface area (Å²) in [4.78, 5) is 42.7. The topological polar surface area (TPSA) is 110 Å². The summed E-state index contributed by atoms with van der Waals surface area (Å²) in [5.74, 6) is -0.836. The van der Waals surface area contributed by atoms with Crippen molar-refractivity contribution in [1.82, 2.24) is 24.9 Å². The summed E-state index contributed by atoms with van der Waals surface area (Å²) in [5.41, 5.74) is 3.52.